The van der Waals surface area contributed by atoms with Gasteiger partial charge in [0.05, 0.1) is 16.5 Å². The van der Waals surface area contributed by atoms with Crippen LogP contribution >= 0.6 is 27.7 Å². The number of halogens is 1. The first kappa shape index (κ1) is 20.6. The van der Waals surface area contributed by atoms with Crippen molar-refractivity contribution in [1.82, 2.24) is 4.90 Å². The van der Waals surface area contributed by atoms with Crippen molar-refractivity contribution in [2.24, 2.45) is 0 Å². The van der Waals surface area contributed by atoms with E-state index in [1.54, 1.807) is 19.3 Å². The Hall–Kier alpha value is -1.73. The Labute approximate surface area is 166 Å². The molecule has 0 radical (unpaired) electrons. The third kappa shape index (κ3) is 4.71. The molecule has 26 heavy (non-hydrogen) atoms. The van der Waals surface area contributed by atoms with Crippen molar-refractivity contribution < 1.29 is 19.1 Å². The summed E-state index contributed by atoms with van der Waals surface area (Å²) < 4.78 is 11.9. The number of carbonyl (C=O) groups is 2. The highest BCUT2D eigenvalue weighted by atomic mass is 79.9. The smallest absolute Gasteiger partial charge is 0.293 e. The van der Waals surface area contributed by atoms with Crippen molar-refractivity contribution in [3.05, 3.63) is 38.7 Å². The molecule has 0 spiro atoms. The number of hydrogen-bond donors (Lipinski definition) is 0. The van der Waals surface area contributed by atoms with Gasteiger partial charge >= 0.3 is 0 Å². The molecule has 1 aromatic carbocycles. The van der Waals surface area contributed by atoms with E-state index in [1.165, 1.54) is 10.5 Å². The zero-order valence-corrected chi connectivity index (χ0v) is 17.9. The summed E-state index contributed by atoms with van der Waals surface area (Å²) in [4.78, 5) is 26.1. The molecule has 0 atom stereocenters. The van der Waals surface area contributed by atoms with Crippen molar-refractivity contribution >= 4 is 44.9 Å². The predicted octanol–water partition coefficient (Wildman–Crippen LogP) is 5.25. The Morgan fingerprint density at radius 3 is 2.50 bits per heavy atom. The van der Waals surface area contributed by atoms with Gasteiger partial charge in [0.2, 0.25) is 0 Å². The van der Waals surface area contributed by atoms with Gasteiger partial charge in [0.15, 0.2) is 0 Å². The minimum Gasteiger partial charge on any atom is -0.496 e. The molecular weight excluding hydrogens is 418 g/mol. The number of benzene rings is 1. The summed E-state index contributed by atoms with van der Waals surface area (Å²) in [5.74, 6) is 0.931. The van der Waals surface area contributed by atoms with E-state index >= 15 is 0 Å². The maximum atomic E-state index is 12.5. The van der Waals surface area contributed by atoms with Crippen LogP contribution in [0.15, 0.2) is 33.2 Å². The van der Waals surface area contributed by atoms with Gasteiger partial charge in [-0.1, -0.05) is 5.57 Å². The molecule has 1 fully saturated rings. The van der Waals surface area contributed by atoms with E-state index in [-0.39, 0.29) is 17.2 Å². The fourth-order valence-corrected chi connectivity index (χ4v) is 3.74. The van der Waals surface area contributed by atoms with Crippen LogP contribution in [0.1, 0.15) is 33.3 Å². The highest BCUT2D eigenvalue weighted by Gasteiger charge is 2.36. The van der Waals surface area contributed by atoms with Gasteiger partial charge in [-0.3, -0.25) is 14.5 Å². The van der Waals surface area contributed by atoms with Crippen LogP contribution in [0.25, 0.3) is 6.08 Å². The Bertz CT molecular complexity index is 782. The molecule has 0 N–H and O–H groups in total. The molecule has 1 aliphatic rings. The normalized spacial score (nSPS) is 15.8. The average Bonchev–Trinajstić information content (AvgIpc) is 2.83. The number of methoxy groups -OCH3 is 1. The number of allylic oxidation sites excluding steroid dienone is 1. The number of amides is 2. The van der Waals surface area contributed by atoms with E-state index in [2.05, 4.69) is 15.9 Å². The lowest BCUT2D eigenvalue weighted by Crippen LogP contribution is -2.34. The molecule has 7 heteroatoms. The molecule has 0 aliphatic carbocycles. The van der Waals surface area contributed by atoms with Gasteiger partial charge in [-0.05, 0) is 73.6 Å². The molecule has 2 rings (SSSR count). The molecule has 0 bridgehead atoms. The highest BCUT2D eigenvalue weighted by Crippen LogP contribution is 2.38. The molecular formula is C19H22BrNO4S. The fourth-order valence-electron chi connectivity index (χ4n) is 2.31. The van der Waals surface area contributed by atoms with Crippen LogP contribution in [-0.4, -0.2) is 35.8 Å². The number of thioether (sulfide) groups is 1. The maximum Gasteiger partial charge on any atom is 0.293 e. The van der Waals surface area contributed by atoms with Crippen LogP contribution in [0.5, 0.6) is 11.5 Å². The van der Waals surface area contributed by atoms with Crippen molar-refractivity contribution in [2.75, 3.05) is 13.7 Å². The highest BCUT2D eigenvalue weighted by molar-refractivity contribution is 9.10. The second-order valence-corrected chi connectivity index (χ2v) is 8.11. The van der Waals surface area contributed by atoms with E-state index < -0.39 is 0 Å². The van der Waals surface area contributed by atoms with Gasteiger partial charge in [0.25, 0.3) is 11.1 Å². The summed E-state index contributed by atoms with van der Waals surface area (Å²) in [5, 5.41) is -0.254. The molecule has 1 heterocycles. The van der Waals surface area contributed by atoms with Crippen LogP contribution in [0.2, 0.25) is 0 Å². The Morgan fingerprint density at radius 2 is 1.96 bits per heavy atom. The number of rotatable bonds is 6. The lowest BCUT2D eigenvalue weighted by atomic mass is 10.1. The third-order valence-electron chi connectivity index (χ3n) is 3.64. The first-order valence-corrected chi connectivity index (χ1v) is 9.76. The Balaban J connectivity index is 2.33. The molecule has 2 amide bonds. The van der Waals surface area contributed by atoms with Crippen LogP contribution in [-0.2, 0) is 4.79 Å². The summed E-state index contributed by atoms with van der Waals surface area (Å²) >= 11 is 4.43. The first-order valence-electron chi connectivity index (χ1n) is 8.15. The largest absolute Gasteiger partial charge is 0.496 e. The Kier molecular flexibility index (Phi) is 6.94. The van der Waals surface area contributed by atoms with E-state index in [4.69, 9.17) is 9.47 Å². The van der Waals surface area contributed by atoms with Gasteiger partial charge < -0.3 is 9.47 Å². The van der Waals surface area contributed by atoms with Gasteiger partial charge in [0, 0.05) is 17.7 Å². The minimum absolute atomic E-state index is 0.173. The van der Waals surface area contributed by atoms with Crippen LogP contribution in [0.4, 0.5) is 4.79 Å². The number of nitrogens with zero attached hydrogens (tertiary/aromatic N) is 1. The summed E-state index contributed by atoms with van der Waals surface area (Å²) in [5.41, 5.74) is 1.87. The zero-order valence-electron chi connectivity index (χ0n) is 15.5. The van der Waals surface area contributed by atoms with Gasteiger partial charge in [-0.25, -0.2) is 0 Å². The fraction of sp³-hybridized carbons (Fsp3) is 0.368. The standard InChI is InChI=1S/C19H22BrNO4S/c1-11(2)6-7-25-16-10-15(24-5)13(8-14(16)20)9-17-18(22)21(12(3)4)19(23)26-17/h6,8-10,12H,7H2,1-5H3/b17-9-. The third-order valence-corrected chi connectivity index (χ3v) is 5.14. The lowest BCUT2D eigenvalue weighted by molar-refractivity contribution is -0.123. The maximum absolute atomic E-state index is 12.5. The van der Waals surface area contributed by atoms with Crippen LogP contribution in [0.3, 0.4) is 0 Å². The van der Waals surface area contributed by atoms with Crippen molar-refractivity contribution in [3.63, 3.8) is 0 Å². The first-order chi connectivity index (χ1) is 12.2. The molecule has 140 valence electrons. The van der Waals surface area contributed by atoms with Gasteiger partial charge in [-0.2, -0.15) is 0 Å². The predicted molar refractivity (Wildman–Crippen MR) is 109 cm³/mol. The van der Waals surface area contributed by atoms with Crippen LogP contribution < -0.4 is 9.47 Å². The Morgan fingerprint density at radius 1 is 1.27 bits per heavy atom. The van der Waals surface area contributed by atoms with Crippen molar-refractivity contribution in [2.45, 2.75) is 33.7 Å². The van der Waals surface area contributed by atoms with Crippen LogP contribution in [0, 0.1) is 0 Å². The van der Waals surface area contributed by atoms with E-state index in [0.29, 0.717) is 28.6 Å². The van der Waals surface area contributed by atoms with E-state index in [0.717, 1.165) is 16.2 Å². The van der Waals surface area contributed by atoms with Gasteiger partial charge in [0.1, 0.15) is 18.1 Å². The summed E-state index contributed by atoms with van der Waals surface area (Å²) in [6.45, 7) is 8.10. The van der Waals surface area contributed by atoms with Crippen molar-refractivity contribution in [3.8, 4) is 11.5 Å². The zero-order chi connectivity index (χ0) is 19.4. The number of carbonyl (C=O) groups excluding carboxylic acids is 2. The van der Waals surface area contributed by atoms with Gasteiger partial charge in [-0.15, -0.1) is 0 Å². The lowest BCUT2D eigenvalue weighted by Gasteiger charge is -2.16. The summed E-state index contributed by atoms with van der Waals surface area (Å²) in [6.07, 6.45) is 3.66. The molecule has 0 aromatic heterocycles. The number of hydrogen-bond acceptors (Lipinski definition) is 5. The average molecular weight is 440 g/mol. The molecule has 1 aromatic rings. The molecule has 5 nitrogen and oxygen atoms in total. The van der Waals surface area contributed by atoms with E-state index in [9.17, 15) is 9.59 Å². The van der Waals surface area contributed by atoms with Crippen molar-refractivity contribution in [1.29, 1.82) is 0 Å². The molecule has 0 unspecified atom stereocenters. The van der Waals surface area contributed by atoms with E-state index in [1.807, 2.05) is 39.8 Å². The number of imide groups is 1. The summed E-state index contributed by atoms with van der Waals surface area (Å²) in [7, 11) is 1.56. The minimum atomic E-state index is -0.280. The number of ether oxygens (including phenoxy) is 2. The molecule has 0 saturated carbocycles. The topological polar surface area (TPSA) is 55.8 Å². The SMILES string of the molecule is COc1cc(OCC=C(C)C)c(Br)cc1/C=C1\SC(=O)N(C(C)C)C1=O. The monoisotopic (exact) mass is 439 g/mol. The summed E-state index contributed by atoms with van der Waals surface area (Å²) in [6, 6.07) is 3.41. The second-order valence-electron chi connectivity index (χ2n) is 6.26. The molecule has 1 saturated heterocycles. The second kappa shape index (κ2) is 8.77. The molecule has 1 aliphatic heterocycles. The quantitative estimate of drug-likeness (QED) is 0.447.